The first kappa shape index (κ1) is 8.50. The van der Waals surface area contributed by atoms with Gasteiger partial charge in [0.2, 0.25) is 0 Å². The normalized spacial score (nSPS) is 46.8. The Kier molecular flexibility index (Phi) is 2.10. The Morgan fingerprint density at radius 3 is 2.30 bits per heavy atom. The predicted octanol–water partition coefficient (Wildman–Crippen LogP) is 0.884. The maximum atomic E-state index is 8.90. The summed E-state index contributed by atoms with van der Waals surface area (Å²) in [6.07, 6.45) is 1.04. The van der Waals surface area contributed by atoms with E-state index in [1.807, 2.05) is 6.92 Å². The number of halogens is 1. The molecule has 10 heavy (non-hydrogen) atoms. The Hall–Kier alpha value is 0.400. The molecule has 0 amide bonds. The van der Waals surface area contributed by atoms with Crippen molar-refractivity contribution in [1.82, 2.24) is 5.32 Å². The average molecular weight is 208 g/mol. The van der Waals surface area contributed by atoms with Gasteiger partial charge in [0.15, 0.2) is 0 Å². The molecule has 2 nitrogen and oxygen atoms in total. The van der Waals surface area contributed by atoms with E-state index < -0.39 is 0 Å². The fourth-order valence-electron chi connectivity index (χ4n) is 1.75. The molecule has 1 aliphatic rings. The van der Waals surface area contributed by atoms with Crippen LogP contribution in [0.25, 0.3) is 0 Å². The van der Waals surface area contributed by atoms with Crippen LogP contribution in [0.1, 0.15) is 20.3 Å². The summed E-state index contributed by atoms with van der Waals surface area (Å²) in [5, 5.41) is 13.2. The molecule has 0 aromatic carbocycles. The number of aliphatic hydroxyl groups is 1. The molecule has 0 aromatic rings. The molecule has 0 spiro atoms. The van der Waals surface area contributed by atoms with Crippen LogP contribution in [0.2, 0.25) is 0 Å². The van der Waals surface area contributed by atoms with Gasteiger partial charge in [0.05, 0.1) is 6.61 Å². The van der Waals surface area contributed by atoms with Crippen LogP contribution < -0.4 is 5.32 Å². The van der Waals surface area contributed by atoms with Gasteiger partial charge >= 0.3 is 0 Å². The van der Waals surface area contributed by atoms with Gasteiger partial charge in [-0.25, -0.2) is 0 Å². The highest BCUT2D eigenvalue weighted by Gasteiger charge is 2.46. The fraction of sp³-hybridized carbons (Fsp3) is 1.00. The lowest BCUT2D eigenvalue weighted by atomic mass is 9.75. The van der Waals surface area contributed by atoms with E-state index in [1.54, 1.807) is 0 Å². The zero-order chi connectivity index (χ0) is 7.83. The van der Waals surface area contributed by atoms with Crippen LogP contribution in [-0.4, -0.2) is 28.1 Å². The Morgan fingerprint density at radius 1 is 1.50 bits per heavy atom. The van der Waals surface area contributed by atoms with E-state index in [2.05, 4.69) is 28.2 Å². The molecule has 0 aliphatic carbocycles. The topological polar surface area (TPSA) is 32.3 Å². The largest absolute Gasteiger partial charge is 0.394 e. The van der Waals surface area contributed by atoms with Crippen molar-refractivity contribution in [3.63, 3.8) is 0 Å². The van der Waals surface area contributed by atoms with Gasteiger partial charge in [-0.2, -0.15) is 0 Å². The summed E-state index contributed by atoms with van der Waals surface area (Å²) in [5.74, 6) is 0. The van der Waals surface area contributed by atoms with E-state index in [1.165, 1.54) is 0 Å². The van der Waals surface area contributed by atoms with E-state index in [-0.39, 0.29) is 17.7 Å². The van der Waals surface area contributed by atoms with Crippen LogP contribution in [0, 0.1) is 0 Å². The number of hydrogen-bond acceptors (Lipinski definition) is 2. The molecule has 2 N–H and O–H groups in total. The second kappa shape index (κ2) is 2.47. The van der Waals surface area contributed by atoms with Gasteiger partial charge in [-0.3, -0.25) is 0 Å². The molecule has 1 rings (SSSR count). The van der Waals surface area contributed by atoms with E-state index in [9.17, 15) is 0 Å². The molecule has 3 heteroatoms. The van der Waals surface area contributed by atoms with Gasteiger partial charge in [-0.1, -0.05) is 15.9 Å². The van der Waals surface area contributed by atoms with Gasteiger partial charge in [-0.15, -0.1) is 0 Å². The summed E-state index contributed by atoms with van der Waals surface area (Å²) in [4.78, 5) is 0. The summed E-state index contributed by atoms with van der Waals surface area (Å²) in [6.45, 7) is 4.42. The van der Waals surface area contributed by atoms with Gasteiger partial charge in [-0.05, 0) is 20.3 Å². The lowest BCUT2D eigenvalue weighted by Gasteiger charge is -2.53. The van der Waals surface area contributed by atoms with E-state index in [4.69, 9.17) is 5.11 Å². The van der Waals surface area contributed by atoms with Gasteiger partial charge in [0.1, 0.15) is 0 Å². The van der Waals surface area contributed by atoms with Gasteiger partial charge in [0, 0.05) is 16.4 Å². The van der Waals surface area contributed by atoms with Crippen molar-refractivity contribution in [2.45, 2.75) is 31.3 Å². The molecule has 1 heterocycles. The number of alkyl halides is 1. The number of hydrogen-bond donors (Lipinski definition) is 2. The van der Waals surface area contributed by atoms with Crippen LogP contribution in [0.5, 0.6) is 0 Å². The molecule has 1 saturated heterocycles. The average Bonchev–Trinajstić information content (AvgIpc) is 1.85. The lowest BCUT2D eigenvalue weighted by Crippen LogP contribution is -2.71. The first-order valence-electron chi connectivity index (χ1n) is 3.50. The zero-order valence-corrected chi connectivity index (χ0v) is 8.03. The summed E-state index contributed by atoms with van der Waals surface area (Å²) >= 11 is 3.42. The maximum Gasteiger partial charge on any atom is 0.0611 e. The molecule has 2 atom stereocenters. The Bertz CT molecular complexity index is 118. The summed E-state index contributed by atoms with van der Waals surface area (Å²) < 4.78 is 0. The Balaban J connectivity index is 2.42. The van der Waals surface area contributed by atoms with Crippen LogP contribution in [-0.2, 0) is 0 Å². The van der Waals surface area contributed by atoms with Gasteiger partial charge < -0.3 is 10.4 Å². The molecule has 1 aliphatic heterocycles. The molecule has 0 bridgehead atoms. The molecule has 60 valence electrons. The minimum Gasteiger partial charge on any atom is -0.394 e. The lowest BCUT2D eigenvalue weighted by molar-refractivity contribution is 0.0345. The van der Waals surface area contributed by atoms with Crippen LogP contribution in [0.4, 0.5) is 0 Å². The van der Waals surface area contributed by atoms with Crippen LogP contribution in [0.3, 0.4) is 0 Å². The van der Waals surface area contributed by atoms with E-state index >= 15 is 0 Å². The smallest absolute Gasteiger partial charge is 0.0611 e. The minimum absolute atomic E-state index is 0.0253. The Morgan fingerprint density at radius 2 is 2.00 bits per heavy atom. The third-order valence-electron chi connectivity index (χ3n) is 2.03. The quantitative estimate of drug-likeness (QED) is 0.660. The number of rotatable bonds is 2. The van der Waals surface area contributed by atoms with Crippen molar-refractivity contribution in [2.75, 3.05) is 11.9 Å². The first-order valence-corrected chi connectivity index (χ1v) is 4.62. The minimum atomic E-state index is -0.0253. The molecular weight excluding hydrogens is 194 g/mol. The third kappa shape index (κ3) is 1.36. The monoisotopic (exact) mass is 207 g/mol. The van der Waals surface area contributed by atoms with Crippen molar-refractivity contribution in [2.24, 2.45) is 0 Å². The molecule has 0 saturated carbocycles. The SMILES string of the molecule is CC1(CO)CC(C)(CBr)N1. The summed E-state index contributed by atoms with van der Waals surface area (Å²) in [6, 6.07) is 0. The van der Waals surface area contributed by atoms with Crippen molar-refractivity contribution >= 4 is 15.9 Å². The molecule has 0 radical (unpaired) electrons. The van der Waals surface area contributed by atoms with Crippen molar-refractivity contribution < 1.29 is 5.11 Å². The first-order chi connectivity index (χ1) is 4.54. The highest BCUT2D eigenvalue weighted by Crippen LogP contribution is 2.33. The van der Waals surface area contributed by atoms with Gasteiger partial charge in [0.25, 0.3) is 0 Å². The van der Waals surface area contributed by atoms with E-state index in [0.29, 0.717) is 0 Å². The third-order valence-corrected chi connectivity index (χ3v) is 3.27. The molecule has 1 fully saturated rings. The fourth-order valence-corrected chi connectivity index (χ4v) is 2.09. The highest BCUT2D eigenvalue weighted by molar-refractivity contribution is 9.09. The molecular formula is C7H14BrNO. The van der Waals surface area contributed by atoms with Crippen molar-refractivity contribution in [1.29, 1.82) is 0 Å². The second-order valence-electron chi connectivity index (χ2n) is 3.71. The standard InChI is InChI=1S/C7H14BrNO/c1-6(4-8)3-7(2,5-10)9-6/h9-10H,3-5H2,1-2H3. The van der Waals surface area contributed by atoms with Crippen LogP contribution in [0.15, 0.2) is 0 Å². The maximum absolute atomic E-state index is 8.90. The zero-order valence-electron chi connectivity index (χ0n) is 6.45. The van der Waals surface area contributed by atoms with E-state index in [0.717, 1.165) is 11.8 Å². The highest BCUT2D eigenvalue weighted by atomic mass is 79.9. The Labute approximate surface area is 70.1 Å². The summed E-state index contributed by atoms with van der Waals surface area (Å²) in [5.41, 5.74) is 0.181. The molecule has 2 unspecified atom stereocenters. The second-order valence-corrected chi connectivity index (χ2v) is 4.28. The predicted molar refractivity (Wildman–Crippen MR) is 45.4 cm³/mol. The summed E-state index contributed by atoms with van der Waals surface area (Å²) in [7, 11) is 0. The molecule has 0 aromatic heterocycles. The van der Waals surface area contributed by atoms with Crippen molar-refractivity contribution in [3.05, 3.63) is 0 Å². The number of nitrogens with one attached hydrogen (secondary N) is 1. The number of aliphatic hydroxyl groups excluding tert-OH is 1. The van der Waals surface area contributed by atoms with Crippen LogP contribution >= 0.6 is 15.9 Å². The van der Waals surface area contributed by atoms with Crippen molar-refractivity contribution in [3.8, 4) is 0 Å².